The molecular weight excluding hydrogens is 286 g/mol. The summed E-state index contributed by atoms with van der Waals surface area (Å²) in [6, 6.07) is 9.89. The highest BCUT2D eigenvalue weighted by molar-refractivity contribution is 6.49. The molecule has 0 saturated heterocycles. The van der Waals surface area contributed by atoms with E-state index in [9.17, 15) is 0 Å². The lowest BCUT2D eigenvalue weighted by atomic mass is 10.2. The number of halogens is 1. The first-order valence-electron chi connectivity index (χ1n) is 6.53. The highest BCUT2D eigenvalue weighted by Crippen LogP contribution is 2.32. The minimum Gasteiger partial charge on any atom is -0.292 e. The van der Waals surface area contributed by atoms with Crippen LogP contribution >= 0.6 is 11.6 Å². The van der Waals surface area contributed by atoms with E-state index < -0.39 is 0 Å². The molecule has 2 aromatic heterocycles. The second kappa shape index (κ2) is 4.49. The predicted molar refractivity (Wildman–Crippen MR) is 84.9 cm³/mol. The number of pyridine rings is 1. The smallest absolute Gasteiger partial charge is 0.108 e. The largest absolute Gasteiger partial charge is 0.292 e. The first kappa shape index (κ1) is 12.2. The number of fused-ring (bicyclic) bond motifs is 2. The lowest BCUT2D eigenvalue weighted by Gasteiger charge is -2.28. The summed E-state index contributed by atoms with van der Waals surface area (Å²) >= 11 is 6.31. The molecule has 1 aliphatic rings. The van der Waals surface area contributed by atoms with Gasteiger partial charge in [0.25, 0.3) is 0 Å². The molecule has 0 bridgehead atoms. The predicted octanol–water partition coefficient (Wildman–Crippen LogP) is 3.35. The van der Waals surface area contributed by atoms with Gasteiger partial charge in [0.2, 0.25) is 0 Å². The van der Waals surface area contributed by atoms with Crippen LogP contribution in [-0.4, -0.2) is 14.8 Å². The molecule has 0 radical (unpaired) electrons. The van der Waals surface area contributed by atoms with Gasteiger partial charge in [0.1, 0.15) is 5.69 Å². The minimum absolute atomic E-state index is 0.607. The molecule has 1 aromatic carbocycles. The van der Waals surface area contributed by atoms with Crippen molar-refractivity contribution < 1.29 is 0 Å². The first-order chi connectivity index (χ1) is 10.2. The van der Waals surface area contributed by atoms with E-state index in [2.05, 4.69) is 21.6 Å². The molecule has 6 heteroatoms. The second-order valence-corrected chi connectivity index (χ2v) is 5.31. The third-order valence-corrected chi connectivity index (χ3v) is 3.67. The Labute approximate surface area is 126 Å². The molecular formula is C15H12ClN5. The molecule has 1 aliphatic heterocycles. The Hall–Kier alpha value is -2.53. The molecule has 0 spiro atoms. The van der Waals surface area contributed by atoms with Gasteiger partial charge < -0.3 is 0 Å². The van der Waals surface area contributed by atoms with Crippen molar-refractivity contribution in [3.63, 3.8) is 0 Å². The molecule has 0 amide bonds. The van der Waals surface area contributed by atoms with Crippen LogP contribution < -0.4 is 10.4 Å². The van der Waals surface area contributed by atoms with Crippen LogP contribution in [0.15, 0.2) is 48.9 Å². The van der Waals surface area contributed by atoms with Gasteiger partial charge in [0, 0.05) is 31.0 Å². The van der Waals surface area contributed by atoms with E-state index >= 15 is 0 Å². The number of hydrogen-bond donors (Lipinski definition) is 1. The van der Waals surface area contributed by atoms with Gasteiger partial charge in [-0.2, -0.15) is 5.10 Å². The Morgan fingerprint density at radius 1 is 1.24 bits per heavy atom. The van der Waals surface area contributed by atoms with Crippen LogP contribution in [0, 0.1) is 0 Å². The maximum atomic E-state index is 6.31. The van der Waals surface area contributed by atoms with Gasteiger partial charge >= 0.3 is 0 Å². The number of rotatable bonds is 1. The molecule has 21 heavy (non-hydrogen) atoms. The van der Waals surface area contributed by atoms with E-state index in [-0.39, 0.29) is 0 Å². The Morgan fingerprint density at radius 3 is 3.05 bits per heavy atom. The fourth-order valence-electron chi connectivity index (χ4n) is 2.45. The van der Waals surface area contributed by atoms with Gasteiger partial charge in [0.15, 0.2) is 0 Å². The van der Waals surface area contributed by atoms with Crippen LogP contribution in [0.2, 0.25) is 0 Å². The summed E-state index contributed by atoms with van der Waals surface area (Å²) in [4.78, 5) is 4.28. The van der Waals surface area contributed by atoms with Crippen LogP contribution in [0.3, 0.4) is 0 Å². The fourth-order valence-corrected chi connectivity index (χ4v) is 2.70. The van der Waals surface area contributed by atoms with Gasteiger partial charge in [-0.3, -0.25) is 20.1 Å². The average molecular weight is 298 g/mol. The zero-order chi connectivity index (χ0) is 14.4. The fraction of sp³-hybridized carbons (Fsp3) is 0.0667. The number of benzene rings is 1. The van der Waals surface area contributed by atoms with Crippen molar-refractivity contribution in [3.8, 4) is 0 Å². The van der Waals surface area contributed by atoms with Crippen LogP contribution in [0.4, 0.5) is 11.4 Å². The van der Waals surface area contributed by atoms with Gasteiger partial charge in [0.05, 0.1) is 21.9 Å². The maximum Gasteiger partial charge on any atom is 0.108 e. The standard InChI is InChI=1S/C15H12ClN5/c1-20-8-10-7-11(4-5-13(10)18-20)21-9-12(16)15-14(19-21)3-2-6-17-15/h2-9,19H,1H3. The molecule has 5 nitrogen and oxygen atoms in total. The van der Waals surface area contributed by atoms with Crippen LogP contribution in [-0.2, 0) is 7.05 Å². The minimum atomic E-state index is 0.607. The number of nitrogens with one attached hydrogen (secondary N) is 1. The van der Waals surface area contributed by atoms with E-state index in [0.29, 0.717) is 5.03 Å². The molecule has 0 unspecified atom stereocenters. The third kappa shape index (κ3) is 2.02. The molecule has 0 aliphatic carbocycles. The summed E-state index contributed by atoms with van der Waals surface area (Å²) in [5.74, 6) is 0. The average Bonchev–Trinajstić information content (AvgIpc) is 2.86. The van der Waals surface area contributed by atoms with E-state index in [1.165, 1.54) is 0 Å². The molecule has 0 fully saturated rings. The first-order valence-corrected chi connectivity index (χ1v) is 6.90. The summed E-state index contributed by atoms with van der Waals surface area (Å²) in [5.41, 5.74) is 6.90. The molecule has 3 heterocycles. The summed E-state index contributed by atoms with van der Waals surface area (Å²) in [6.07, 6.45) is 5.55. The highest BCUT2D eigenvalue weighted by Gasteiger charge is 2.17. The SMILES string of the molecule is Cn1cc2cc(N3C=C(Cl)c4ncccc4N3)ccc2n1. The number of anilines is 2. The molecule has 3 aromatic rings. The lowest BCUT2D eigenvalue weighted by molar-refractivity contribution is 0.780. The number of hydrogen-bond acceptors (Lipinski definition) is 4. The van der Waals surface area contributed by atoms with Crippen molar-refractivity contribution >= 4 is 38.9 Å². The summed E-state index contributed by atoms with van der Waals surface area (Å²) < 4.78 is 1.81. The van der Waals surface area contributed by atoms with Crippen LogP contribution in [0.5, 0.6) is 0 Å². The topological polar surface area (TPSA) is 46.0 Å². The summed E-state index contributed by atoms with van der Waals surface area (Å²) in [7, 11) is 1.91. The van der Waals surface area contributed by atoms with E-state index in [4.69, 9.17) is 11.6 Å². The van der Waals surface area contributed by atoms with Crippen molar-refractivity contribution in [2.45, 2.75) is 0 Å². The molecule has 1 N–H and O–H groups in total. The maximum absolute atomic E-state index is 6.31. The monoisotopic (exact) mass is 297 g/mol. The molecule has 104 valence electrons. The Kier molecular flexibility index (Phi) is 2.62. The highest BCUT2D eigenvalue weighted by atomic mass is 35.5. The zero-order valence-electron chi connectivity index (χ0n) is 11.3. The van der Waals surface area contributed by atoms with E-state index in [0.717, 1.165) is 28.0 Å². The van der Waals surface area contributed by atoms with Crippen molar-refractivity contribution in [2.75, 3.05) is 10.4 Å². The molecule has 0 atom stereocenters. The Bertz CT molecular complexity index is 867. The van der Waals surface area contributed by atoms with Gasteiger partial charge in [-0.05, 0) is 30.3 Å². The normalized spacial score (nSPS) is 13.8. The number of aromatic nitrogens is 3. The number of aryl methyl sites for hydroxylation is 1. The summed E-state index contributed by atoms with van der Waals surface area (Å²) in [6.45, 7) is 0. The molecule has 0 saturated carbocycles. The van der Waals surface area contributed by atoms with E-state index in [1.54, 1.807) is 10.9 Å². The van der Waals surface area contributed by atoms with Crippen molar-refractivity contribution in [1.82, 2.24) is 14.8 Å². The molecule has 4 rings (SSSR count). The second-order valence-electron chi connectivity index (χ2n) is 4.90. The Morgan fingerprint density at radius 2 is 2.14 bits per heavy atom. The quantitative estimate of drug-likeness (QED) is 0.748. The summed E-state index contributed by atoms with van der Waals surface area (Å²) in [5, 5.41) is 7.95. The lowest BCUT2D eigenvalue weighted by Crippen LogP contribution is -2.27. The van der Waals surface area contributed by atoms with E-state index in [1.807, 2.05) is 48.7 Å². The van der Waals surface area contributed by atoms with Gasteiger partial charge in [-0.25, -0.2) is 0 Å². The van der Waals surface area contributed by atoms with Crippen LogP contribution in [0.1, 0.15) is 5.69 Å². The van der Waals surface area contributed by atoms with Crippen molar-refractivity contribution in [2.24, 2.45) is 7.05 Å². The number of nitrogens with zero attached hydrogens (tertiary/aromatic N) is 4. The van der Waals surface area contributed by atoms with Gasteiger partial charge in [-0.1, -0.05) is 11.6 Å². The van der Waals surface area contributed by atoms with Crippen molar-refractivity contribution in [3.05, 3.63) is 54.6 Å². The Balaban J connectivity index is 1.78. The zero-order valence-corrected chi connectivity index (χ0v) is 12.0. The van der Waals surface area contributed by atoms with Crippen molar-refractivity contribution in [1.29, 1.82) is 0 Å². The number of hydrazine groups is 1. The van der Waals surface area contributed by atoms with Crippen LogP contribution in [0.25, 0.3) is 15.9 Å². The third-order valence-electron chi connectivity index (χ3n) is 3.40. The van der Waals surface area contributed by atoms with Gasteiger partial charge in [-0.15, -0.1) is 0 Å².